The predicted molar refractivity (Wildman–Crippen MR) is 76.2 cm³/mol. The lowest BCUT2D eigenvalue weighted by Gasteiger charge is -2.10. The highest BCUT2D eigenvalue weighted by molar-refractivity contribution is 5.91. The van der Waals surface area contributed by atoms with Crippen LogP contribution in [0.3, 0.4) is 0 Å². The van der Waals surface area contributed by atoms with Crippen molar-refractivity contribution in [1.29, 1.82) is 0 Å². The summed E-state index contributed by atoms with van der Waals surface area (Å²) in [4.78, 5) is 12.1. The molecule has 12 heteroatoms. The number of anilines is 1. The molecule has 1 amide bonds. The SMILES string of the molecule is Cc1[nH]nc(C(F)(F)F)c1NC(=O)Cn1nc(C(F)(F)F)c2c1CCC2. The number of carbonyl (C=O) groups excluding carboxylic acids is 1. The molecule has 0 radical (unpaired) electrons. The fourth-order valence-corrected chi connectivity index (χ4v) is 2.97. The maximum absolute atomic E-state index is 13.0. The van der Waals surface area contributed by atoms with Crippen LogP contribution in [0.25, 0.3) is 0 Å². The first-order valence-electron chi connectivity index (χ1n) is 7.56. The van der Waals surface area contributed by atoms with Gasteiger partial charge in [0.25, 0.3) is 0 Å². The van der Waals surface area contributed by atoms with Crippen molar-refractivity contribution in [2.75, 3.05) is 5.32 Å². The summed E-state index contributed by atoms with van der Waals surface area (Å²) >= 11 is 0. The number of H-pyrrole nitrogens is 1. The van der Waals surface area contributed by atoms with Crippen LogP contribution in [0.2, 0.25) is 0 Å². The van der Waals surface area contributed by atoms with E-state index in [4.69, 9.17) is 0 Å². The third kappa shape index (κ3) is 3.27. The first-order chi connectivity index (χ1) is 12.0. The summed E-state index contributed by atoms with van der Waals surface area (Å²) in [5, 5.41) is 10.7. The summed E-state index contributed by atoms with van der Waals surface area (Å²) in [6.45, 7) is 0.658. The van der Waals surface area contributed by atoms with Crippen LogP contribution in [0.15, 0.2) is 0 Å². The molecule has 0 bridgehead atoms. The van der Waals surface area contributed by atoms with Gasteiger partial charge in [0.2, 0.25) is 5.91 Å². The van der Waals surface area contributed by atoms with Gasteiger partial charge in [-0.15, -0.1) is 0 Å². The Morgan fingerprint density at radius 2 is 1.81 bits per heavy atom. The third-order valence-corrected chi connectivity index (χ3v) is 4.05. The molecule has 0 aliphatic heterocycles. The topological polar surface area (TPSA) is 75.6 Å². The van der Waals surface area contributed by atoms with Gasteiger partial charge in [-0.2, -0.15) is 36.5 Å². The number of hydrogen-bond acceptors (Lipinski definition) is 3. The van der Waals surface area contributed by atoms with Crippen LogP contribution in [0.1, 0.15) is 34.8 Å². The summed E-state index contributed by atoms with van der Waals surface area (Å²) in [5.41, 5.74) is -2.60. The van der Waals surface area contributed by atoms with E-state index in [-0.39, 0.29) is 23.4 Å². The minimum absolute atomic E-state index is 0.0210. The van der Waals surface area contributed by atoms with E-state index in [2.05, 4.69) is 20.6 Å². The lowest BCUT2D eigenvalue weighted by molar-refractivity contribution is -0.142. The Labute approximate surface area is 142 Å². The van der Waals surface area contributed by atoms with Gasteiger partial charge in [-0.3, -0.25) is 14.6 Å². The molecule has 0 aromatic carbocycles. The second-order valence-electron chi connectivity index (χ2n) is 5.90. The number of nitrogens with zero attached hydrogens (tertiary/aromatic N) is 3. The lowest BCUT2D eigenvalue weighted by atomic mass is 10.2. The molecule has 0 saturated carbocycles. The third-order valence-electron chi connectivity index (χ3n) is 4.05. The standard InChI is InChI=1S/C14H13F6N5O/c1-6-10(12(23-22-6)14(18,19)20)21-9(26)5-25-8-4-2-3-7(8)11(24-25)13(15,16)17/h2-5H2,1H3,(H,21,26)(H,22,23). The van der Waals surface area contributed by atoms with E-state index < -0.39 is 41.9 Å². The van der Waals surface area contributed by atoms with Crippen LogP contribution < -0.4 is 5.32 Å². The van der Waals surface area contributed by atoms with Crippen LogP contribution in [-0.4, -0.2) is 25.9 Å². The van der Waals surface area contributed by atoms with Crippen molar-refractivity contribution in [3.05, 3.63) is 28.3 Å². The second kappa shape index (κ2) is 6.02. The van der Waals surface area contributed by atoms with E-state index >= 15 is 0 Å². The number of aromatic amines is 1. The van der Waals surface area contributed by atoms with Crippen molar-refractivity contribution < 1.29 is 31.1 Å². The first-order valence-corrected chi connectivity index (χ1v) is 7.56. The summed E-state index contributed by atoms with van der Waals surface area (Å²) in [6, 6.07) is 0. The van der Waals surface area contributed by atoms with E-state index in [1.54, 1.807) is 0 Å². The first kappa shape index (κ1) is 18.3. The molecule has 0 saturated heterocycles. The smallest absolute Gasteiger partial charge is 0.321 e. The Kier molecular flexibility index (Phi) is 4.23. The summed E-state index contributed by atoms with van der Waals surface area (Å²) < 4.78 is 78.6. The maximum Gasteiger partial charge on any atom is 0.437 e. The highest BCUT2D eigenvalue weighted by atomic mass is 19.4. The van der Waals surface area contributed by atoms with E-state index in [0.717, 1.165) is 4.68 Å². The molecule has 0 unspecified atom stereocenters. The number of carbonyl (C=O) groups is 1. The molecule has 0 spiro atoms. The zero-order chi connectivity index (χ0) is 19.3. The largest absolute Gasteiger partial charge is 0.437 e. The molecule has 26 heavy (non-hydrogen) atoms. The average Bonchev–Trinajstić information content (AvgIpc) is 3.15. The number of rotatable bonds is 3. The van der Waals surface area contributed by atoms with Crippen LogP contribution >= 0.6 is 0 Å². The molecule has 0 fully saturated rings. The van der Waals surface area contributed by atoms with Crippen molar-refractivity contribution in [1.82, 2.24) is 20.0 Å². The molecule has 1 aliphatic rings. The molecule has 2 aromatic rings. The average molecular weight is 381 g/mol. The lowest BCUT2D eigenvalue weighted by Crippen LogP contribution is -2.23. The van der Waals surface area contributed by atoms with Gasteiger partial charge in [0.1, 0.15) is 6.54 Å². The molecule has 142 valence electrons. The monoisotopic (exact) mass is 381 g/mol. The van der Waals surface area contributed by atoms with Crippen molar-refractivity contribution in [2.24, 2.45) is 0 Å². The Hall–Kier alpha value is -2.53. The van der Waals surface area contributed by atoms with Gasteiger partial charge >= 0.3 is 12.4 Å². The zero-order valence-electron chi connectivity index (χ0n) is 13.3. The van der Waals surface area contributed by atoms with E-state index in [1.165, 1.54) is 6.92 Å². The van der Waals surface area contributed by atoms with Crippen molar-refractivity contribution in [3.8, 4) is 0 Å². The van der Waals surface area contributed by atoms with Crippen LogP contribution in [0, 0.1) is 6.92 Å². The van der Waals surface area contributed by atoms with Gasteiger partial charge in [0.05, 0.1) is 11.4 Å². The van der Waals surface area contributed by atoms with Crippen molar-refractivity contribution in [2.45, 2.75) is 45.1 Å². The van der Waals surface area contributed by atoms with Gasteiger partial charge < -0.3 is 5.32 Å². The Morgan fingerprint density at radius 1 is 1.15 bits per heavy atom. The number of halogens is 6. The Bertz CT molecular complexity index is 847. The predicted octanol–water partition coefficient (Wildman–Crippen LogP) is 3.08. The Balaban J connectivity index is 1.84. The molecular weight excluding hydrogens is 368 g/mol. The number of aryl methyl sites for hydroxylation is 1. The summed E-state index contributed by atoms with van der Waals surface area (Å²) in [7, 11) is 0. The normalized spacial score (nSPS) is 14.6. The maximum atomic E-state index is 13.0. The number of aromatic nitrogens is 4. The molecule has 0 atom stereocenters. The fraction of sp³-hybridized carbons (Fsp3) is 0.500. The van der Waals surface area contributed by atoms with Crippen molar-refractivity contribution >= 4 is 11.6 Å². The molecule has 1 aliphatic carbocycles. The van der Waals surface area contributed by atoms with Gasteiger partial charge in [0, 0.05) is 11.3 Å². The molecule has 2 N–H and O–H groups in total. The molecule has 2 aromatic heterocycles. The number of nitrogens with one attached hydrogen (secondary N) is 2. The minimum atomic E-state index is -4.79. The molecular formula is C14H13F6N5O. The number of alkyl halides is 6. The zero-order valence-corrected chi connectivity index (χ0v) is 13.3. The molecule has 3 rings (SSSR count). The number of hydrogen-bond donors (Lipinski definition) is 2. The van der Waals surface area contributed by atoms with Gasteiger partial charge in [0.15, 0.2) is 11.4 Å². The number of fused-ring (bicyclic) bond motifs is 1. The van der Waals surface area contributed by atoms with Gasteiger partial charge in [-0.1, -0.05) is 0 Å². The minimum Gasteiger partial charge on any atom is -0.321 e. The number of amides is 1. The Morgan fingerprint density at radius 3 is 2.42 bits per heavy atom. The van der Waals surface area contributed by atoms with Gasteiger partial charge in [-0.05, 0) is 26.2 Å². The van der Waals surface area contributed by atoms with Gasteiger partial charge in [-0.25, -0.2) is 0 Å². The van der Waals surface area contributed by atoms with Crippen molar-refractivity contribution in [3.63, 3.8) is 0 Å². The second-order valence-corrected chi connectivity index (χ2v) is 5.90. The summed E-state index contributed by atoms with van der Waals surface area (Å²) in [5.74, 6) is -0.925. The fourth-order valence-electron chi connectivity index (χ4n) is 2.97. The van der Waals surface area contributed by atoms with E-state index in [1.807, 2.05) is 0 Å². The molecule has 6 nitrogen and oxygen atoms in total. The summed E-state index contributed by atoms with van der Waals surface area (Å²) in [6.07, 6.45) is -8.42. The molecule has 2 heterocycles. The van der Waals surface area contributed by atoms with Crippen LogP contribution in [-0.2, 0) is 36.5 Å². The van der Waals surface area contributed by atoms with E-state index in [9.17, 15) is 31.1 Å². The highest BCUT2D eigenvalue weighted by Gasteiger charge is 2.41. The quantitative estimate of drug-likeness (QED) is 0.803. The van der Waals surface area contributed by atoms with Crippen LogP contribution in [0.5, 0.6) is 0 Å². The highest BCUT2D eigenvalue weighted by Crippen LogP contribution is 2.37. The van der Waals surface area contributed by atoms with Crippen LogP contribution in [0.4, 0.5) is 32.0 Å². The van der Waals surface area contributed by atoms with E-state index in [0.29, 0.717) is 12.8 Å².